The summed E-state index contributed by atoms with van der Waals surface area (Å²) in [5.74, 6) is 0.180. The lowest BCUT2D eigenvalue weighted by atomic mass is 9.95. The lowest BCUT2D eigenvalue weighted by molar-refractivity contribution is -0.139. The standard InChI is InChI=1S/C18H28N2O3S/c1-4-24(22,23)19-12-10-17(11-13-19)18(21)20(15(2)3)14-16-8-6-5-7-9-16/h5-9,15,17H,4,10-14H2,1-3H3. The Morgan fingerprint density at radius 1 is 1.21 bits per heavy atom. The molecule has 0 saturated carbocycles. The van der Waals surface area contributed by atoms with Crippen molar-refractivity contribution in [3.63, 3.8) is 0 Å². The van der Waals surface area contributed by atoms with Crippen molar-refractivity contribution >= 4 is 15.9 Å². The molecule has 6 heteroatoms. The Hall–Kier alpha value is -1.40. The minimum absolute atomic E-state index is 0.0839. The molecule has 0 aromatic heterocycles. The van der Waals surface area contributed by atoms with Crippen molar-refractivity contribution in [1.82, 2.24) is 9.21 Å². The van der Waals surface area contributed by atoms with Gasteiger partial charge in [0.05, 0.1) is 5.75 Å². The fraction of sp³-hybridized carbons (Fsp3) is 0.611. The second kappa shape index (κ2) is 8.12. The summed E-state index contributed by atoms with van der Waals surface area (Å²) in [5, 5.41) is 0. The lowest BCUT2D eigenvalue weighted by Crippen LogP contribution is -2.46. The number of carbonyl (C=O) groups excluding carboxylic acids is 1. The van der Waals surface area contributed by atoms with Crippen molar-refractivity contribution in [2.75, 3.05) is 18.8 Å². The van der Waals surface area contributed by atoms with Crippen LogP contribution in [0.4, 0.5) is 0 Å². The largest absolute Gasteiger partial charge is 0.336 e. The fourth-order valence-corrected chi connectivity index (χ4v) is 4.23. The van der Waals surface area contributed by atoms with Crippen LogP contribution in [-0.2, 0) is 21.4 Å². The first kappa shape index (κ1) is 18.9. The molecule has 0 N–H and O–H groups in total. The first-order chi connectivity index (χ1) is 11.3. The van der Waals surface area contributed by atoms with Crippen molar-refractivity contribution in [2.24, 2.45) is 5.92 Å². The Morgan fingerprint density at radius 3 is 2.29 bits per heavy atom. The molecule has 0 bridgehead atoms. The average molecular weight is 353 g/mol. The Bertz CT molecular complexity index is 635. The molecule has 0 spiro atoms. The van der Waals surface area contributed by atoms with Crippen LogP contribution in [0.3, 0.4) is 0 Å². The Labute approximate surface area is 145 Å². The van der Waals surface area contributed by atoms with Gasteiger partial charge in [0.15, 0.2) is 0 Å². The van der Waals surface area contributed by atoms with Gasteiger partial charge in [-0.05, 0) is 39.2 Å². The van der Waals surface area contributed by atoms with Crippen molar-refractivity contribution in [3.05, 3.63) is 35.9 Å². The third kappa shape index (κ3) is 4.57. The van der Waals surface area contributed by atoms with Crippen LogP contribution < -0.4 is 0 Å². The predicted octanol–water partition coefficient (Wildman–Crippen LogP) is 2.49. The van der Waals surface area contributed by atoms with Gasteiger partial charge in [-0.1, -0.05) is 30.3 Å². The molecule has 2 rings (SSSR count). The summed E-state index contributed by atoms with van der Waals surface area (Å²) < 4.78 is 25.4. The van der Waals surface area contributed by atoms with Crippen molar-refractivity contribution in [1.29, 1.82) is 0 Å². The summed E-state index contributed by atoms with van der Waals surface area (Å²) >= 11 is 0. The van der Waals surface area contributed by atoms with Crippen LogP contribution in [0.5, 0.6) is 0 Å². The summed E-state index contributed by atoms with van der Waals surface area (Å²) in [4.78, 5) is 14.8. The van der Waals surface area contributed by atoms with E-state index in [2.05, 4.69) is 0 Å². The second-order valence-electron chi connectivity index (χ2n) is 6.62. The van der Waals surface area contributed by atoms with Gasteiger partial charge < -0.3 is 4.90 Å². The summed E-state index contributed by atoms with van der Waals surface area (Å²) in [6.45, 7) is 7.21. The molecule has 0 unspecified atom stereocenters. The predicted molar refractivity (Wildman–Crippen MR) is 95.9 cm³/mol. The van der Waals surface area contributed by atoms with Gasteiger partial charge in [0.2, 0.25) is 15.9 Å². The molecule has 5 nitrogen and oxygen atoms in total. The van der Waals surface area contributed by atoms with Crippen LogP contribution in [0.25, 0.3) is 0 Å². The Morgan fingerprint density at radius 2 is 1.79 bits per heavy atom. The van der Waals surface area contributed by atoms with E-state index in [1.165, 1.54) is 4.31 Å². The molecule has 24 heavy (non-hydrogen) atoms. The number of hydrogen-bond donors (Lipinski definition) is 0. The fourth-order valence-electron chi connectivity index (χ4n) is 3.09. The molecule has 0 aliphatic carbocycles. The third-order valence-electron chi connectivity index (χ3n) is 4.66. The molecule has 1 aromatic carbocycles. The highest BCUT2D eigenvalue weighted by Crippen LogP contribution is 2.23. The SMILES string of the molecule is CCS(=O)(=O)N1CCC(C(=O)N(Cc2ccccc2)C(C)C)CC1. The Balaban J connectivity index is 2.01. The first-order valence-corrected chi connectivity index (χ1v) is 10.3. The average Bonchev–Trinajstić information content (AvgIpc) is 2.60. The molecular weight excluding hydrogens is 324 g/mol. The number of benzene rings is 1. The number of amides is 1. The van der Waals surface area contributed by atoms with Gasteiger partial charge in [-0.15, -0.1) is 0 Å². The van der Waals surface area contributed by atoms with Crippen LogP contribution in [0, 0.1) is 5.92 Å². The maximum absolute atomic E-state index is 12.9. The van der Waals surface area contributed by atoms with Gasteiger partial charge in [0.25, 0.3) is 0 Å². The number of carbonyl (C=O) groups is 1. The van der Waals surface area contributed by atoms with E-state index in [0.29, 0.717) is 32.5 Å². The van der Waals surface area contributed by atoms with Gasteiger partial charge in [0.1, 0.15) is 0 Å². The maximum Gasteiger partial charge on any atom is 0.226 e. The number of nitrogens with zero attached hydrogens (tertiary/aromatic N) is 2. The second-order valence-corrected chi connectivity index (χ2v) is 8.88. The molecule has 1 aliphatic heterocycles. The quantitative estimate of drug-likeness (QED) is 0.790. The number of rotatable bonds is 6. The van der Waals surface area contributed by atoms with Crippen LogP contribution in [0.2, 0.25) is 0 Å². The van der Waals surface area contributed by atoms with E-state index in [1.807, 2.05) is 49.1 Å². The molecule has 1 amide bonds. The van der Waals surface area contributed by atoms with Crippen LogP contribution in [-0.4, -0.2) is 48.4 Å². The van der Waals surface area contributed by atoms with Crippen LogP contribution >= 0.6 is 0 Å². The summed E-state index contributed by atoms with van der Waals surface area (Å²) in [7, 11) is -3.15. The van der Waals surface area contributed by atoms with Crippen molar-refractivity contribution in [2.45, 2.75) is 46.2 Å². The molecular formula is C18H28N2O3S. The van der Waals surface area contributed by atoms with Crippen molar-refractivity contribution < 1.29 is 13.2 Å². The highest BCUT2D eigenvalue weighted by atomic mass is 32.2. The molecule has 1 fully saturated rings. The summed E-state index contributed by atoms with van der Waals surface area (Å²) in [6.07, 6.45) is 1.21. The highest BCUT2D eigenvalue weighted by molar-refractivity contribution is 7.89. The number of piperidine rings is 1. The van der Waals surface area contributed by atoms with E-state index in [0.717, 1.165) is 5.56 Å². The van der Waals surface area contributed by atoms with Crippen LogP contribution in [0.1, 0.15) is 39.2 Å². The van der Waals surface area contributed by atoms with E-state index in [9.17, 15) is 13.2 Å². The van der Waals surface area contributed by atoms with E-state index < -0.39 is 10.0 Å². The monoisotopic (exact) mass is 352 g/mol. The zero-order valence-corrected chi connectivity index (χ0v) is 15.6. The molecule has 1 saturated heterocycles. The minimum Gasteiger partial charge on any atom is -0.336 e. The van der Waals surface area contributed by atoms with Gasteiger partial charge >= 0.3 is 0 Å². The van der Waals surface area contributed by atoms with E-state index in [4.69, 9.17) is 0 Å². The van der Waals surface area contributed by atoms with E-state index >= 15 is 0 Å². The van der Waals surface area contributed by atoms with Crippen LogP contribution in [0.15, 0.2) is 30.3 Å². The first-order valence-electron chi connectivity index (χ1n) is 8.67. The van der Waals surface area contributed by atoms with E-state index in [-0.39, 0.29) is 23.6 Å². The van der Waals surface area contributed by atoms with E-state index in [1.54, 1.807) is 6.92 Å². The molecule has 1 aliphatic rings. The topological polar surface area (TPSA) is 57.7 Å². The summed E-state index contributed by atoms with van der Waals surface area (Å²) in [5.41, 5.74) is 1.12. The van der Waals surface area contributed by atoms with Crippen molar-refractivity contribution in [3.8, 4) is 0 Å². The molecule has 1 heterocycles. The molecule has 0 radical (unpaired) electrons. The molecule has 0 atom stereocenters. The third-order valence-corrected chi connectivity index (χ3v) is 6.55. The molecule has 134 valence electrons. The zero-order chi connectivity index (χ0) is 17.7. The zero-order valence-electron chi connectivity index (χ0n) is 14.8. The smallest absolute Gasteiger partial charge is 0.226 e. The Kier molecular flexibility index (Phi) is 6.40. The van der Waals surface area contributed by atoms with Gasteiger partial charge in [-0.2, -0.15) is 0 Å². The molecule has 1 aromatic rings. The summed E-state index contributed by atoms with van der Waals surface area (Å²) in [6, 6.07) is 10.1. The van der Waals surface area contributed by atoms with Gasteiger partial charge in [0, 0.05) is 31.6 Å². The van der Waals surface area contributed by atoms with Gasteiger partial charge in [-0.3, -0.25) is 4.79 Å². The number of sulfonamides is 1. The minimum atomic E-state index is -3.15. The lowest BCUT2D eigenvalue weighted by Gasteiger charge is -2.35. The normalized spacial score (nSPS) is 17.2. The van der Waals surface area contributed by atoms with Gasteiger partial charge in [-0.25, -0.2) is 12.7 Å². The maximum atomic E-state index is 12.9. The number of hydrogen-bond acceptors (Lipinski definition) is 3. The highest BCUT2D eigenvalue weighted by Gasteiger charge is 2.33.